The molecule has 0 radical (unpaired) electrons. The third kappa shape index (κ3) is 3.55. The van der Waals surface area contributed by atoms with Crippen LogP contribution in [0.3, 0.4) is 0 Å². The van der Waals surface area contributed by atoms with E-state index in [1.165, 1.54) is 11.5 Å². The van der Waals surface area contributed by atoms with Crippen LogP contribution in [-0.4, -0.2) is 21.2 Å². The maximum Gasteiger partial charge on any atom is 0.170 e. The lowest BCUT2D eigenvalue weighted by molar-refractivity contribution is 0.535. The molecule has 80 valence electrons. The highest BCUT2D eigenvalue weighted by Gasteiger charge is 2.10. The second-order valence-electron chi connectivity index (χ2n) is 3.55. The molecule has 14 heavy (non-hydrogen) atoms. The zero-order valence-corrected chi connectivity index (χ0v) is 10.5. The largest absolute Gasteiger partial charge is 0.327 e. The maximum absolute atomic E-state index is 5.94. The van der Waals surface area contributed by atoms with Crippen molar-refractivity contribution in [3.8, 4) is 0 Å². The molecule has 0 aliphatic heterocycles. The van der Waals surface area contributed by atoms with Crippen LogP contribution in [0.15, 0.2) is 4.34 Å². The number of thioether (sulfide) groups is 1. The molecule has 2 N–H and O–H groups in total. The highest BCUT2D eigenvalue weighted by molar-refractivity contribution is 8.00. The van der Waals surface area contributed by atoms with Crippen LogP contribution in [-0.2, 0) is 6.42 Å². The average Bonchev–Trinajstić information content (AvgIpc) is 2.61. The normalized spacial score (nSPS) is 13.5. The summed E-state index contributed by atoms with van der Waals surface area (Å²) in [4.78, 5) is 4.37. The van der Waals surface area contributed by atoms with Gasteiger partial charge in [-0.25, -0.2) is 4.98 Å². The summed E-state index contributed by atoms with van der Waals surface area (Å²) >= 11 is 3.19. The molecule has 0 saturated heterocycles. The molecular weight excluding hydrogens is 214 g/mol. The van der Waals surface area contributed by atoms with Gasteiger partial charge in [-0.2, -0.15) is 4.37 Å². The first kappa shape index (κ1) is 11.9. The number of aromatic nitrogens is 2. The van der Waals surface area contributed by atoms with Gasteiger partial charge in [0.05, 0.1) is 0 Å². The van der Waals surface area contributed by atoms with Gasteiger partial charge < -0.3 is 5.73 Å². The van der Waals surface area contributed by atoms with E-state index in [2.05, 4.69) is 30.1 Å². The molecular formula is C9H17N3S2. The van der Waals surface area contributed by atoms with Crippen molar-refractivity contribution in [1.82, 2.24) is 9.36 Å². The molecule has 0 saturated carbocycles. The number of nitrogens with two attached hydrogens (primary N) is 1. The van der Waals surface area contributed by atoms with Crippen molar-refractivity contribution in [3.05, 3.63) is 5.82 Å². The van der Waals surface area contributed by atoms with Gasteiger partial charge in [0.1, 0.15) is 5.82 Å². The van der Waals surface area contributed by atoms with Crippen LogP contribution >= 0.6 is 23.3 Å². The summed E-state index contributed by atoms with van der Waals surface area (Å²) in [6.07, 6.45) is 0.910. The number of hydrogen-bond acceptors (Lipinski definition) is 5. The summed E-state index contributed by atoms with van der Waals surface area (Å²) in [5, 5.41) is 0. The Bertz CT molecular complexity index is 273. The van der Waals surface area contributed by atoms with E-state index in [4.69, 9.17) is 5.73 Å². The van der Waals surface area contributed by atoms with E-state index < -0.39 is 0 Å². The SMILES string of the molecule is CCc1nsc(SCC(N)C(C)C)n1. The van der Waals surface area contributed by atoms with Crippen LogP contribution in [0.2, 0.25) is 0 Å². The first-order valence-electron chi connectivity index (χ1n) is 4.84. The molecule has 1 atom stereocenters. The Morgan fingerprint density at radius 1 is 1.50 bits per heavy atom. The van der Waals surface area contributed by atoms with Gasteiger partial charge in [-0.05, 0) is 17.5 Å². The van der Waals surface area contributed by atoms with Crippen molar-refractivity contribution >= 4 is 23.3 Å². The minimum absolute atomic E-state index is 0.244. The monoisotopic (exact) mass is 231 g/mol. The average molecular weight is 231 g/mol. The summed E-state index contributed by atoms with van der Waals surface area (Å²) in [6.45, 7) is 6.35. The zero-order chi connectivity index (χ0) is 10.6. The molecule has 1 aromatic rings. The van der Waals surface area contributed by atoms with Crippen molar-refractivity contribution in [3.63, 3.8) is 0 Å². The first-order valence-corrected chi connectivity index (χ1v) is 6.60. The van der Waals surface area contributed by atoms with Gasteiger partial charge in [0.2, 0.25) is 0 Å². The Balaban J connectivity index is 2.37. The van der Waals surface area contributed by atoms with E-state index in [1.807, 2.05) is 0 Å². The Morgan fingerprint density at radius 2 is 2.21 bits per heavy atom. The van der Waals surface area contributed by atoms with E-state index in [-0.39, 0.29) is 6.04 Å². The summed E-state index contributed by atoms with van der Waals surface area (Å²) in [5.41, 5.74) is 5.94. The van der Waals surface area contributed by atoms with Crippen LogP contribution in [0.5, 0.6) is 0 Å². The van der Waals surface area contributed by atoms with Gasteiger partial charge in [-0.3, -0.25) is 0 Å². The molecule has 5 heteroatoms. The Labute approximate surface area is 93.7 Å². The van der Waals surface area contributed by atoms with Crippen molar-refractivity contribution in [2.45, 2.75) is 37.6 Å². The molecule has 1 aromatic heterocycles. The van der Waals surface area contributed by atoms with Crippen LogP contribution in [0.4, 0.5) is 0 Å². The molecule has 1 unspecified atom stereocenters. The predicted octanol–water partition coefficient (Wildman–Crippen LogP) is 2.18. The topological polar surface area (TPSA) is 51.8 Å². The molecule has 1 heterocycles. The van der Waals surface area contributed by atoms with Crippen molar-refractivity contribution in [2.24, 2.45) is 11.7 Å². The van der Waals surface area contributed by atoms with Crippen LogP contribution in [0, 0.1) is 5.92 Å². The van der Waals surface area contributed by atoms with E-state index >= 15 is 0 Å². The third-order valence-electron chi connectivity index (χ3n) is 2.02. The number of aryl methyl sites for hydroxylation is 1. The quantitative estimate of drug-likeness (QED) is 0.789. The minimum Gasteiger partial charge on any atom is -0.327 e. The lowest BCUT2D eigenvalue weighted by Gasteiger charge is -2.13. The summed E-state index contributed by atoms with van der Waals surface area (Å²) in [6, 6.07) is 0.244. The molecule has 1 rings (SSSR count). The van der Waals surface area contributed by atoms with Crippen LogP contribution in [0.25, 0.3) is 0 Å². The summed E-state index contributed by atoms with van der Waals surface area (Å²) in [5.74, 6) is 2.40. The minimum atomic E-state index is 0.244. The van der Waals surface area contributed by atoms with Gasteiger partial charge in [-0.1, -0.05) is 32.5 Å². The molecule has 0 fully saturated rings. The fraction of sp³-hybridized carbons (Fsp3) is 0.778. The lowest BCUT2D eigenvalue weighted by atomic mass is 10.1. The predicted molar refractivity (Wildman–Crippen MR) is 62.8 cm³/mol. The Kier molecular flexibility index (Phi) is 4.84. The van der Waals surface area contributed by atoms with Crippen LogP contribution < -0.4 is 5.73 Å². The van der Waals surface area contributed by atoms with Crippen molar-refractivity contribution in [1.29, 1.82) is 0 Å². The molecule has 3 nitrogen and oxygen atoms in total. The van der Waals surface area contributed by atoms with Gasteiger partial charge in [0.15, 0.2) is 4.34 Å². The third-order valence-corrected chi connectivity index (χ3v) is 4.04. The molecule has 0 bridgehead atoms. The highest BCUT2D eigenvalue weighted by atomic mass is 32.2. The standard InChI is InChI=1S/C9H17N3S2/c1-4-8-11-9(14-12-8)13-5-7(10)6(2)3/h6-7H,4-5,10H2,1-3H3. The Hall–Kier alpha value is -0.130. The molecule has 0 aromatic carbocycles. The zero-order valence-electron chi connectivity index (χ0n) is 8.86. The van der Waals surface area contributed by atoms with Gasteiger partial charge in [0.25, 0.3) is 0 Å². The van der Waals surface area contributed by atoms with E-state index in [9.17, 15) is 0 Å². The lowest BCUT2D eigenvalue weighted by Crippen LogP contribution is -2.28. The number of rotatable bonds is 5. The van der Waals surface area contributed by atoms with E-state index in [0.717, 1.165) is 22.3 Å². The van der Waals surface area contributed by atoms with Crippen molar-refractivity contribution < 1.29 is 0 Å². The van der Waals surface area contributed by atoms with Gasteiger partial charge in [-0.15, -0.1) is 0 Å². The summed E-state index contributed by atoms with van der Waals surface area (Å²) < 4.78 is 5.27. The number of nitrogens with zero attached hydrogens (tertiary/aromatic N) is 2. The van der Waals surface area contributed by atoms with Gasteiger partial charge >= 0.3 is 0 Å². The second-order valence-corrected chi connectivity index (χ2v) is 5.57. The maximum atomic E-state index is 5.94. The smallest absolute Gasteiger partial charge is 0.170 e. The Morgan fingerprint density at radius 3 is 2.71 bits per heavy atom. The molecule has 0 amide bonds. The molecule has 0 spiro atoms. The highest BCUT2D eigenvalue weighted by Crippen LogP contribution is 2.21. The molecule has 0 aliphatic carbocycles. The van der Waals surface area contributed by atoms with Crippen LogP contribution in [0.1, 0.15) is 26.6 Å². The molecule has 0 aliphatic rings. The first-order chi connectivity index (χ1) is 6.63. The van der Waals surface area contributed by atoms with E-state index in [0.29, 0.717) is 5.92 Å². The van der Waals surface area contributed by atoms with Gasteiger partial charge in [0, 0.05) is 18.2 Å². The fourth-order valence-electron chi connectivity index (χ4n) is 0.800. The fourth-order valence-corrected chi connectivity index (χ4v) is 2.72. The van der Waals surface area contributed by atoms with Crippen molar-refractivity contribution in [2.75, 3.05) is 5.75 Å². The second kappa shape index (κ2) is 5.68. The van der Waals surface area contributed by atoms with E-state index in [1.54, 1.807) is 11.8 Å². The summed E-state index contributed by atoms with van der Waals surface area (Å²) in [7, 11) is 0. The number of hydrogen-bond donors (Lipinski definition) is 1.